The van der Waals surface area contributed by atoms with E-state index >= 15 is 0 Å². The van der Waals surface area contributed by atoms with Gasteiger partial charge in [-0.1, -0.05) is 17.4 Å². The third-order valence-electron chi connectivity index (χ3n) is 4.45. The van der Waals surface area contributed by atoms with Crippen LogP contribution in [-0.2, 0) is 4.74 Å². The summed E-state index contributed by atoms with van der Waals surface area (Å²) in [6.45, 7) is 0.780. The van der Waals surface area contributed by atoms with Crippen LogP contribution in [0.1, 0.15) is 41.3 Å². The first kappa shape index (κ1) is 16.9. The number of carbonyl (C=O) groups is 1. The van der Waals surface area contributed by atoms with E-state index in [1.54, 1.807) is 31.6 Å². The maximum atomic E-state index is 12.4. The van der Waals surface area contributed by atoms with Crippen LogP contribution in [0.3, 0.4) is 0 Å². The van der Waals surface area contributed by atoms with Crippen LogP contribution < -0.4 is 10.1 Å². The van der Waals surface area contributed by atoms with Gasteiger partial charge in [-0.25, -0.2) is 4.98 Å². The molecule has 1 unspecified atom stereocenters. The van der Waals surface area contributed by atoms with E-state index in [0.717, 1.165) is 41.6 Å². The molecule has 1 amide bonds. The Kier molecular flexibility index (Phi) is 4.81. The molecule has 7 heteroatoms. The molecule has 1 saturated heterocycles. The van der Waals surface area contributed by atoms with Crippen molar-refractivity contribution in [3.05, 3.63) is 47.8 Å². The van der Waals surface area contributed by atoms with Crippen LogP contribution in [0.2, 0.25) is 0 Å². The molecule has 6 nitrogen and oxygen atoms in total. The highest BCUT2D eigenvalue weighted by atomic mass is 32.1. The number of hydrogen-bond acceptors (Lipinski definition) is 6. The van der Waals surface area contributed by atoms with Gasteiger partial charge < -0.3 is 9.47 Å². The average Bonchev–Trinajstić information content (AvgIpc) is 3.12. The largest absolute Gasteiger partial charge is 0.494 e. The van der Waals surface area contributed by atoms with Crippen molar-refractivity contribution in [3.8, 4) is 5.75 Å². The smallest absolute Gasteiger partial charge is 0.257 e. The number of rotatable bonds is 4. The number of fused-ring (bicyclic) bond motifs is 1. The SMILES string of the molecule is COc1ccc(C2CCCCO2)c2sc(NC(=O)c3ccncc3)nc12. The van der Waals surface area contributed by atoms with E-state index in [0.29, 0.717) is 16.4 Å². The Morgan fingerprint density at radius 3 is 2.85 bits per heavy atom. The minimum atomic E-state index is -0.208. The quantitative estimate of drug-likeness (QED) is 0.746. The molecule has 0 radical (unpaired) electrons. The molecule has 1 atom stereocenters. The summed E-state index contributed by atoms with van der Waals surface area (Å²) in [4.78, 5) is 20.9. The number of methoxy groups -OCH3 is 1. The van der Waals surface area contributed by atoms with E-state index in [2.05, 4.69) is 15.3 Å². The van der Waals surface area contributed by atoms with E-state index in [1.807, 2.05) is 12.1 Å². The van der Waals surface area contributed by atoms with E-state index in [9.17, 15) is 4.79 Å². The molecular formula is C19H19N3O3S. The van der Waals surface area contributed by atoms with Crippen molar-refractivity contribution in [2.75, 3.05) is 19.0 Å². The third-order valence-corrected chi connectivity index (χ3v) is 5.47. The number of ether oxygens (including phenoxy) is 2. The number of thiazole rings is 1. The van der Waals surface area contributed by atoms with Crippen molar-refractivity contribution in [1.29, 1.82) is 0 Å². The predicted molar refractivity (Wildman–Crippen MR) is 101 cm³/mol. The lowest BCUT2D eigenvalue weighted by Gasteiger charge is -2.23. The summed E-state index contributed by atoms with van der Waals surface area (Å²) in [5.41, 5.74) is 2.42. The van der Waals surface area contributed by atoms with Gasteiger partial charge in [-0.3, -0.25) is 15.1 Å². The van der Waals surface area contributed by atoms with Crippen LogP contribution >= 0.6 is 11.3 Å². The zero-order chi connectivity index (χ0) is 17.9. The fraction of sp³-hybridized carbons (Fsp3) is 0.316. The Balaban J connectivity index is 1.69. The lowest BCUT2D eigenvalue weighted by molar-refractivity contribution is 0.0159. The summed E-state index contributed by atoms with van der Waals surface area (Å²) < 4.78 is 12.4. The fourth-order valence-electron chi connectivity index (χ4n) is 3.13. The molecule has 3 aromatic rings. The van der Waals surface area contributed by atoms with Gasteiger partial charge in [0.2, 0.25) is 0 Å². The number of anilines is 1. The molecule has 4 rings (SSSR count). The van der Waals surface area contributed by atoms with Crippen molar-refractivity contribution in [1.82, 2.24) is 9.97 Å². The highest BCUT2D eigenvalue weighted by Crippen LogP contribution is 2.40. The normalized spacial score (nSPS) is 17.2. The lowest BCUT2D eigenvalue weighted by atomic mass is 10.0. The van der Waals surface area contributed by atoms with Gasteiger partial charge in [0.15, 0.2) is 5.13 Å². The zero-order valence-electron chi connectivity index (χ0n) is 14.4. The number of aromatic nitrogens is 2. The fourth-order valence-corrected chi connectivity index (χ4v) is 4.17. The van der Waals surface area contributed by atoms with Gasteiger partial charge in [-0.2, -0.15) is 0 Å². The summed E-state index contributed by atoms with van der Waals surface area (Å²) in [5.74, 6) is 0.487. The second-order valence-corrected chi connectivity index (χ2v) is 7.10. The Hall–Kier alpha value is -2.51. The number of carbonyl (C=O) groups excluding carboxylic acids is 1. The number of hydrogen-bond donors (Lipinski definition) is 1. The zero-order valence-corrected chi connectivity index (χ0v) is 15.2. The standard InChI is InChI=1S/C19H19N3O3S/c1-24-15-6-5-13(14-4-2-3-11-25-14)17-16(15)21-19(26-17)22-18(23)12-7-9-20-10-8-12/h5-10,14H,2-4,11H2,1H3,(H,21,22,23). The summed E-state index contributed by atoms with van der Waals surface area (Å²) in [5, 5.41) is 3.42. The van der Waals surface area contributed by atoms with Crippen LogP contribution in [0.25, 0.3) is 10.2 Å². The van der Waals surface area contributed by atoms with Gasteiger partial charge in [0.1, 0.15) is 11.3 Å². The molecule has 26 heavy (non-hydrogen) atoms. The Bertz CT molecular complexity index is 920. The van der Waals surface area contributed by atoms with Gasteiger partial charge in [0.05, 0.1) is 17.9 Å². The van der Waals surface area contributed by atoms with Crippen LogP contribution in [0, 0.1) is 0 Å². The second kappa shape index (κ2) is 7.39. The molecular weight excluding hydrogens is 350 g/mol. The van der Waals surface area contributed by atoms with Crippen LogP contribution in [0.4, 0.5) is 5.13 Å². The molecule has 1 aliphatic heterocycles. The summed E-state index contributed by atoms with van der Waals surface area (Å²) in [7, 11) is 1.63. The van der Waals surface area contributed by atoms with Gasteiger partial charge >= 0.3 is 0 Å². The van der Waals surface area contributed by atoms with Gasteiger partial charge in [0, 0.05) is 30.1 Å². The number of amides is 1. The van der Waals surface area contributed by atoms with Crippen LogP contribution in [0.5, 0.6) is 5.75 Å². The number of nitrogens with one attached hydrogen (secondary N) is 1. The van der Waals surface area contributed by atoms with Crippen molar-refractivity contribution in [3.63, 3.8) is 0 Å². The van der Waals surface area contributed by atoms with Crippen molar-refractivity contribution in [2.24, 2.45) is 0 Å². The van der Waals surface area contributed by atoms with Crippen molar-refractivity contribution in [2.45, 2.75) is 25.4 Å². The third kappa shape index (κ3) is 3.27. The van der Waals surface area contributed by atoms with Gasteiger partial charge in [0.25, 0.3) is 5.91 Å². The first-order chi connectivity index (χ1) is 12.8. The molecule has 0 aliphatic carbocycles. The number of pyridine rings is 1. The average molecular weight is 369 g/mol. The molecule has 1 fully saturated rings. The molecule has 1 aliphatic rings. The molecule has 1 N–H and O–H groups in total. The van der Waals surface area contributed by atoms with Crippen LogP contribution in [-0.4, -0.2) is 29.6 Å². The summed E-state index contributed by atoms with van der Waals surface area (Å²) in [6.07, 6.45) is 6.51. The van der Waals surface area contributed by atoms with E-state index in [4.69, 9.17) is 9.47 Å². The molecule has 0 spiro atoms. The summed E-state index contributed by atoms with van der Waals surface area (Å²) in [6, 6.07) is 7.31. The minimum absolute atomic E-state index is 0.0707. The van der Waals surface area contributed by atoms with Gasteiger partial charge in [-0.05, 0) is 37.5 Å². The van der Waals surface area contributed by atoms with Crippen molar-refractivity contribution < 1.29 is 14.3 Å². The topological polar surface area (TPSA) is 73.3 Å². The van der Waals surface area contributed by atoms with Gasteiger partial charge in [-0.15, -0.1) is 0 Å². The summed E-state index contributed by atoms with van der Waals surface area (Å²) >= 11 is 1.45. The first-order valence-electron chi connectivity index (χ1n) is 8.56. The van der Waals surface area contributed by atoms with E-state index in [1.165, 1.54) is 11.3 Å². The van der Waals surface area contributed by atoms with E-state index < -0.39 is 0 Å². The highest BCUT2D eigenvalue weighted by Gasteiger charge is 2.22. The molecule has 134 valence electrons. The van der Waals surface area contributed by atoms with Crippen LogP contribution in [0.15, 0.2) is 36.7 Å². The first-order valence-corrected chi connectivity index (χ1v) is 9.38. The maximum Gasteiger partial charge on any atom is 0.257 e. The molecule has 2 aromatic heterocycles. The lowest BCUT2D eigenvalue weighted by Crippen LogP contribution is -2.11. The second-order valence-electron chi connectivity index (χ2n) is 6.10. The molecule has 0 saturated carbocycles. The maximum absolute atomic E-state index is 12.4. The Morgan fingerprint density at radius 1 is 1.27 bits per heavy atom. The molecule has 3 heterocycles. The predicted octanol–water partition coefficient (Wildman–Crippen LogP) is 4.19. The monoisotopic (exact) mass is 369 g/mol. The molecule has 1 aromatic carbocycles. The minimum Gasteiger partial charge on any atom is -0.494 e. The molecule has 0 bridgehead atoms. The van der Waals surface area contributed by atoms with E-state index in [-0.39, 0.29) is 12.0 Å². The highest BCUT2D eigenvalue weighted by molar-refractivity contribution is 7.22. The number of benzene rings is 1. The Morgan fingerprint density at radius 2 is 2.12 bits per heavy atom. The van der Waals surface area contributed by atoms with Crippen molar-refractivity contribution >= 4 is 32.6 Å². The number of nitrogens with zero attached hydrogens (tertiary/aromatic N) is 2. The Labute approximate surface area is 155 Å².